The van der Waals surface area contributed by atoms with Gasteiger partial charge in [-0.1, -0.05) is 6.92 Å². The molecule has 2 N–H and O–H groups in total. The number of nitrogen functional groups attached to an aromatic ring is 1. The van der Waals surface area contributed by atoms with E-state index in [0.29, 0.717) is 17.7 Å². The van der Waals surface area contributed by atoms with E-state index in [-0.39, 0.29) is 11.5 Å². The summed E-state index contributed by atoms with van der Waals surface area (Å²) in [6.07, 6.45) is 5.48. The SMILES string of the molecule is CC1CCCN(c2nc(N)c([N+](=O)[O-])c(N3CCCCC3)n2)C1. The minimum atomic E-state index is -0.456. The molecule has 3 rings (SSSR count). The van der Waals surface area contributed by atoms with Gasteiger partial charge in [0.1, 0.15) is 0 Å². The van der Waals surface area contributed by atoms with Gasteiger partial charge in [0.15, 0.2) is 0 Å². The Morgan fingerprint density at radius 1 is 1.13 bits per heavy atom. The van der Waals surface area contributed by atoms with Crippen molar-refractivity contribution in [3.63, 3.8) is 0 Å². The normalized spacial score (nSPS) is 22.2. The van der Waals surface area contributed by atoms with Crippen molar-refractivity contribution in [2.24, 2.45) is 5.92 Å². The topological polar surface area (TPSA) is 101 Å². The summed E-state index contributed by atoms with van der Waals surface area (Å²) in [6.45, 7) is 5.52. The highest BCUT2D eigenvalue weighted by molar-refractivity contribution is 5.71. The van der Waals surface area contributed by atoms with Crippen molar-refractivity contribution in [3.8, 4) is 0 Å². The Morgan fingerprint density at radius 2 is 1.83 bits per heavy atom. The number of nitro groups is 1. The Hall–Kier alpha value is -2.12. The van der Waals surface area contributed by atoms with Crippen LogP contribution in [-0.2, 0) is 0 Å². The number of hydrogen-bond acceptors (Lipinski definition) is 7. The van der Waals surface area contributed by atoms with Gasteiger partial charge < -0.3 is 15.5 Å². The summed E-state index contributed by atoms with van der Waals surface area (Å²) in [4.78, 5) is 23.8. The van der Waals surface area contributed by atoms with E-state index >= 15 is 0 Å². The summed E-state index contributed by atoms with van der Waals surface area (Å²) in [5.41, 5.74) is 5.77. The van der Waals surface area contributed by atoms with Gasteiger partial charge in [-0.2, -0.15) is 9.97 Å². The summed E-state index contributed by atoms with van der Waals surface area (Å²) in [7, 11) is 0. The number of nitrogens with two attached hydrogens (primary N) is 1. The molecule has 0 bridgehead atoms. The van der Waals surface area contributed by atoms with Gasteiger partial charge in [0, 0.05) is 26.2 Å². The first-order valence-electron chi connectivity index (χ1n) is 8.38. The molecule has 8 heteroatoms. The molecule has 1 aromatic heterocycles. The summed E-state index contributed by atoms with van der Waals surface area (Å²) < 4.78 is 0. The van der Waals surface area contributed by atoms with E-state index in [1.165, 1.54) is 6.42 Å². The second-order valence-electron chi connectivity index (χ2n) is 6.58. The van der Waals surface area contributed by atoms with Gasteiger partial charge in [0.25, 0.3) is 0 Å². The van der Waals surface area contributed by atoms with Gasteiger partial charge in [-0.25, -0.2) is 0 Å². The largest absolute Gasteiger partial charge is 0.378 e. The van der Waals surface area contributed by atoms with Crippen molar-refractivity contribution in [3.05, 3.63) is 10.1 Å². The van der Waals surface area contributed by atoms with E-state index in [1.54, 1.807) is 0 Å². The van der Waals surface area contributed by atoms with E-state index < -0.39 is 4.92 Å². The minimum absolute atomic E-state index is 0.0289. The molecule has 8 nitrogen and oxygen atoms in total. The van der Waals surface area contributed by atoms with Crippen LogP contribution in [0.15, 0.2) is 0 Å². The zero-order chi connectivity index (χ0) is 16.4. The van der Waals surface area contributed by atoms with Crippen molar-refractivity contribution < 1.29 is 4.92 Å². The molecule has 1 atom stereocenters. The molecule has 2 saturated heterocycles. The third-order valence-electron chi connectivity index (χ3n) is 4.66. The molecule has 0 radical (unpaired) electrons. The minimum Gasteiger partial charge on any atom is -0.378 e. The van der Waals surface area contributed by atoms with Gasteiger partial charge in [0.2, 0.25) is 17.6 Å². The average molecular weight is 320 g/mol. The van der Waals surface area contributed by atoms with Gasteiger partial charge in [-0.3, -0.25) is 10.1 Å². The Bertz CT molecular complexity index is 588. The molecule has 1 unspecified atom stereocenters. The Balaban J connectivity index is 1.98. The second kappa shape index (κ2) is 6.55. The summed E-state index contributed by atoms with van der Waals surface area (Å²) in [5.74, 6) is 1.46. The van der Waals surface area contributed by atoms with Crippen molar-refractivity contribution >= 4 is 23.3 Å². The first kappa shape index (κ1) is 15.8. The molecule has 0 saturated carbocycles. The average Bonchev–Trinajstić information content (AvgIpc) is 2.54. The molecule has 2 aliphatic rings. The zero-order valence-electron chi connectivity index (χ0n) is 13.6. The van der Waals surface area contributed by atoms with Crippen LogP contribution in [0.4, 0.5) is 23.3 Å². The van der Waals surface area contributed by atoms with Crippen molar-refractivity contribution in [1.82, 2.24) is 9.97 Å². The van der Waals surface area contributed by atoms with Crippen molar-refractivity contribution in [2.75, 3.05) is 41.7 Å². The van der Waals surface area contributed by atoms with Crippen LogP contribution in [0, 0.1) is 16.0 Å². The maximum atomic E-state index is 11.4. The molecule has 2 aliphatic heterocycles. The molecular formula is C15H24N6O2. The van der Waals surface area contributed by atoms with Gasteiger partial charge in [0.05, 0.1) is 4.92 Å². The van der Waals surface area contributed by atoms with E-state index in [0.717, 1.165) is 51.9 Å². The van der Waals surface area contributed by atoms with E-state index in [1.807, 2.05) is 4.90 Å². The number of aromatic nitrogens is 2. The monoisotopic (exact) mass is 320 g/mol. The molecule has 0 amide bonds. The Morgan fingerprint density at radius 3 is 2.48 bits per heavy atom. The van der Waals surface area contributed by atoms with E-state index in [2.05, 4.69) is 21.8 Å². The van der Waals surface area contributed by atoms with Crippen LogP contribution in [-0.4, -0.2) is 41.1 Å². The summed E-state index contributed by atoms with van der Waals surface area (Å²) in [6, 6.07) is 0. The number of piperidine rings is 2. The van der Waals surface area contributed by atoms with E-state index in [4.69, 9.17) is 5.73 Å². The Labute approximate surface area is 135 Å². The summed E-state index contributed by atoms with van der Waals surface area (Å²) >= 11 is 0. The lowest BCUT2D eigenvalue weighted by molar-refractivity contribution is -0.383. The summed E-state index contributed by atoms with van der Waals surface area (Å²) in [5, 5.41) is 11.4. The molecular weight excluding hydrogens is 296 g/mol. The lowest BCUT2D eigenvalue weighted by atomic mass is 10.0. The molecule has 1 aromatic rings. The van der Waals surface area contributed by atoms with Crippen molar-refractivity contribution in [2.45, 2.75) is 39.0 Å². The molecule has 0 aliphatic carbocycles. The highest BCUT2D eigenvalue weighted by atomic mass is 16.6. The van der Waals surface area contributed by atoms with Gasteiger partial charge in [-0.05, 0) is 38.0 Å². The fourth-order valence-corrected chi connectivity index (χ4v) is 3.46. The number of anilines is 3. The van der Waals surface area contributed by atoms with Crippen LogP contribution < -0.4 is 15.5 Å². The van der Waals surface area contributed by atoms with E-state index in [9.17, 15) is 10.1 Å². The van der Waals surface area contributed by atoms with Crippen molar-refractivity contribution in [1.29, 1.82) is 0 Å². The molecule has 126 valence electrons. The first-order valence-corrected chi connectivity index (χ1v) is 8.38. The van der Waals surface area contributed by atoms with Gasteiger partial charge >= 0.3 is 5.69 Å². The molecule has 3 heterocycles. The smallest absolute Gasteiger partial charge is 0.353 e. The Kier molecular flexibility index (Phi) is 4.49. The highest BCUT2D eigenvalue weighted by Crippen LogP contribution is 2.35. The lowest BCUT2D eigenvalue weighted by Gasteiger charge is -2.32. The van der Waals surface area contributed by atoms with Crippen LogP contribution in [0.3, 0.4) is 0 Å². The zero-order valence-corrected chi connectivity index (χ0v) is 13.6. The number of rotatable bonds is 3. The fraction of sp³-hybridized carbons (Fsp3) is 0.733. The quantitative estimate of drug-likeness (QED) is 0.672. The number of hydrogen-bond donors (Lipinski definition) is 1. The predicted octanol–water partition coefficient (Wildman–Crippen LogP) is 2.19. The highest BCUT2D eigenvalue weighted by Gasteiger charge is 2.30. The number of nitrogens with zero attached hydrogens (tertiary/aromatic N) is 5. The molecule has 0 aromatic carbocycles. The molecule has 0 spiro atoms. The second-order valence-corrected chi connectivity index (χ2v) is 6.58. The standard InChI is InChI=1S/C15H24N6O2/c1-11-6-5-9-20(10-11)15-17-13(16)12(21(22)23)14(18-15)19-7-3-2-4-8-19/h11H,2-10H2,1H3,(H2,16,17,18). The molecule has 23 heavy (non-hydrogen) atoms. The maximum Gasteiger partial charge on any atom is 0.353 e. The predicted molar refractivity (Wildman–Crippen MR) is 89.8 cm³/mol. The molecule has 2 fully saturated rings. The van der Waals surface area contributed by atoms with Crippen LogP contribution >= 0.6 is 0 Å². The lowest BCUT2D eigenvalue weighted by Crippen LogP contribution is -2.37. The fourth-order valence-electron chi connectivity index (χ4n) is 3.46. The first-order chi connectivity index (χ1) is 11.1. The maximum absolute atomic E-state index is 11.4. The van der Waals surface area contributed by atoms with Crippen LogP contribution in [0.2, 0.25) is 0 Å². The third kappa shape index (κ3) is 3.30. The third-order valence-corrected chi connectivity index (χ3v) is 4.66. The van der Waals surface area contributed by atoms with Crippen LogP contribution in [0.1, 0.15) is 39.0 Å². The van der Waals surface area contributed by atoms with Crippen LogP contribution in [0.25, 0.3) is 0 Å². The van der Waals surface area contributed by atoms with Gasteiger partial charge in [-0.15, -0.1) is 0 Å². The van der Waals surface area contributed by atoms with Crippen LogP contribution in [0.5, 0.6) is 0 Å².